The van der Waals surface area contributed by atoms with Gasteiger partial charge in [-0.1, -0.05) is 17.8 Å². The van der Waals surface area contributed by atoms with E-state index in [1.807, 2.05) is 41.1 Å². The van der Waals surface area contributed by atoms with Gasteiger partial charge in [0.1, 0.15) is 11.5 Å². The average molecular weight is 500 g/mol. The van der Waals surface area contributed by atoms with Gasteiger partial charge in [-0.2, -0.15) is 0 Å². The van der Waals surface area contributed by atoms with Crippen molar-refractivity contribution in [2.24, 2.45) is 0 Å². The van der Waals surface area contributed by atoms with E-state index in [1.54, 1.807) is 25.6 Å². The standard InChI is InChI=1S/C22H21N5O3S3/c1-29-14-7-8-15(17(10-14)30-2)16-11-32-21(23-16)24-19(28)12-33-22-26-25-20(18-4-3-9-31-18)27(22)13-5-6-13/h3-4,7-11,13H,5-6,12H2,1-2H3,(H,23,24,28). The van der Waals surface area contributed by atoms with Crippen LogP contribution in [0, 0.1) is 0 Å². The first-order chi connectivity index (χ1) is 16.2. The zero-order valence-corrected chi connectivity index (χ0v) is 20.4. The van der Waals surface area contributed by atoms with Crippen LogP contribution in [-0.4, -0.2) is 45.6 Å². The van der Waals surface area contributed by atoms with Gasteiger partial charge in [0.2, 0.25) is 5.91 Å². The van der Waals surface area contributed by atoms with E-state index in [9.17, 15) is 4.79 Å². The number of carbonyl (C=O) groups excluding carboxylic acids is 1. The second-order valence-electron chi connectivity index (χ2n) is 7.33. The van der Waals surface area contributed by atoms with Crippen molar-refractivity contribution in [3.05, 3.63) is 41.1 Å². The van der Waals surface area contributed by atoms with E-state index in [4.69, 9.17) is 9.47 Å². The third-order valence-electron chi connectivity index (χ3n) is 5.09. The molecular weight excluding hydrogens is 478 g/mol. The van der Waals surface area contributed by atoms with E-state index >= 15 is 0 Å². The Morgan fingerprint density at radius 3 is 2.82 bits per heavy atom. The number of ether oxygens (including phenoxy) is 2. The molecular formula is C22H21N5O3S3. The van der Waals surface area contributed by atoms with Crippen LogP contribution in [-0.2, 0) is 4.79 Å². The van der Waals surface area contributed by atoms with Gasteiger partial charge in [0.25, 0.3) is 0 Å². The van der Waals surface area contributed by atoms with Gasteiger partial charge in [-0.3, -0.25) is 9.36 Å². The first-order valence-electron chi connectivity index (χ1n) is 10.3. The summed E-state index contributed by atoms with van der Waals surface area (Å²) in [6, 6.07) is 10.0. The number of thiophene rings is 1. The van der Waals surface area contributed by atoms with Crippen LogP contribution in [0.25, 0.3) is 22.0 Å². The molecule has 0 radical (unpaired) electrons. The molecule has 1 fully saturated rings. The zero-order valence-electron chi connectivity index (χ0n) is 18.0. The Morgan fingerprint density at radius 2 is 2.09 bits per heavy atom. The number of nitrogens with zero attached hydrogens (tertiary/aromatic N) is 4. The van der Waals surface area contributed by atoms with Crippen LogP contribution in [0.15, 0.2) is 46.2 Å². The SMILES string of the molecule is COc1ccc(-c2csc(NC(=O)CSc3nnc(-c4cccs4)n3C3CC3)n2)c(OC)c1. The predicted molar refractivity (Wildman–Crippen MR) is 132 cm³/mol. The molecule has 4 aromatic rings. The van der Waals surface area contributed by atoms with Crippen molar-refractivity contribution in [2.45, 2.75) is 24.0 Å². The topological polar surface area (TPSA) is 91.2 Å². The molecule has 1 amide bonds. The Labute approximate surface area is 203 Å². The number of rotatable bonds is 9. The molecule has 8 nitrogen and oxygen atoms in total. The molecule has 1 N–H and O–H groups in total. The molecule has 1 aromatic carbocycles. The summed E-state index contributed by atoms with van der Waals surface area (Å²) >= 11 is 4.42. The highest BCUT2D eigenvalue weighted by Crippen LogP contribution is 2.42. The number of anilines is 1. The molecule has 170 valence electrons. The van der Waals surface area contributed by atoms with Crippen LogP contribution >= 0.6 is 34.4 Å². The molecule has 0 aliphatic heterocycles. The maximum absolute atomic E-state index is 12.6. The zero-order chi connectivity index (χ0) is 22.8. The van der Waals surface area contributed by atoms with Crippen molar-refractivity contribution in [1.82, 2.24) is 19.7 Å². The first kappa shape index (κ1) is 21.9. The van der Waals surface area contributed by atoms with Crippen LogP contribution in [0.1, 0.15) is 18.9 Å². The quantitative estimate of drug-likeness (QED) is 0.316. The van der Waals surface area contributed by atoms with Crippen molar-refractivity contribution >= 4 is 45.5 Å². The molecule has 0 saturated heterocycles. The van der Waals surface area contributed by atoms with Gasteiger partial charge < -0.3 is 14.8 Å². The minimum absolute atomic E-state index is 0.134. The Kier molecular flexibility index (Phi) is 6.34. The average Bonchev–Trinajstić information content (AvgIpc) is 3.22. The number of carbonyl (C=O) groups is 1. The van der Waals surface area contributed by atoms with Crippen LogP contribution in [0.2, 0.25) is 0 Å². The number of thioether (sulfide) groups is 1. The number of nitrogens with one attached hydrogen (secondary N) is 1. The molecule has 0 spiro atoms. The van der Waals surface area contributed by atoms with Crippen molar-refractivity contribution in [3.8, 4) is 33.5 Å². The fourth-order valence-corrected chi connectivity index (χ4v) is 5.60. The molecule has 1 aliphatic carbocycles. The molecule has 3 aromatic heterocycles. The van der Waals surface area contributed by atoms with Gasteiger partial charge in [-0.15, -0.1) is 32.9 Å². The second-order valence-corrected chi connectivity index (χ2v) is 10.1. The van der Waals surface area contributed by atoms with Gasteiger partial charge in [0.15, 0.2) is 16.1 Å². The number of hydrogen-bond acceptors (Lipinski definition) is 9. The number of thiazole rings is 1. The van der Waals surface area contributed by atoms with E-state index < -0.39 is 0 Å². The maximum atomic E-state index is 12.6. The summed E-state index contributed by atoms with van der Waals surface area (Å²) in [5.41, 5.74) is 1.57. The Morgan fingerprint density at radius 1 is 1.21 bits per heavy atom. The molecule has 5 rings (SSSR count). The van der Waals surface area contributed by atoms with Crippen LogP contribution in [0.5, 0.6) is 11.5 Å². The highest BCUT2D eigenvalue weighted by molar-refractivity contribution is 7.99. The Hall–Kier alpha value is -2.89. The van der Waals surface area contributed by atoms with Crippen molar-refractivity contribution < 1.29 is 14.3 Å². The molecule has 1 saturated carbocycles. The maximum Gasteiger partial charge on any atom is 0.236 e. The van der Waals surface area contributed by atoms with Crippen LogP contribution in [0.3, 0.4) is 0 Å². The molecule has 11 heteroatoms. The summed E-state index contributed by atoms with van der Waals surface area (Å²) < 4.78 is 12.9. The number of hydrogen-bond donors (Lipinski definition) is 1. The van der Waals surface area contributed by atoms with Gasteiger partial charge >= 0.3 is 0 Å². The summed E-state index contributed by atoms with van der Waals surface area (Å²) in [6.45, 7) is 0. The summed E-state index contributed by atoms with van der Waals surface area (Å²) in [4.78, 5) is 18.3. The second kappa shape index (κ2) is 9.54. The monoisotopic (exact) mass is 499 g/mol. The van der Waals surface area contributed by atoms with Crippen LogP contribution < -0.4 is 14.8 Å². The van der Waals surface area contributed by atoms with E-state index in [1.165, 1.54) is 23.1 Å². The fourth-order valence-electron chi connectivity index (χ4n) is 3.36. The third kappa shape index (κ3) is 4.75. The van der Waals surface area contributed by atoms with Crippen molar-refractivity contribution in [1.29, 1.82) is 0 Å². The van der Waals surface area contributed by atoms with Gasteiger partial charge in [0.05, 0.1) is 30.5 Å². The third-order valence-corrected chi connectivity index (χ3v) is 7.65. The summed E-state index contributed by atoms with van der Waals surface area (Å²) in [5, 5.41) is 16.9. The summed E-state index contributed by atoms with van der Waals surface area (Å²) in [5.74, 6) is 2.35. The first-order valence-corrected chi connectivity index (χ1v) is 13.0. The fraction of sp³-hybridized carbons (Fsp3) is 0.273. The lowest BCUT2D eigenvalue weighted by atomic mass is 10.1. The highest BCUT2D eigenvalue weighted by Gasteiger charge is 2.30. The largest absolute Gasteiger partial charge is 0.497 e. The summed E-state index contributed by atoms with van der Waals surface area (Å²) in [6.07, 6.45) is 2.24. The lowest BCUT2D eigenvalue weighted by molar-refractivity contribution is -0.113. The molecule has 33 heavy (non-hydrogen) atoms. The number of methoxy groups -OCH3 is 2. The normalized spacial score (nSPS) is 13.2. The highest BCUT2D eigenvalue weighted by atomic mass is 32.2. The lowest BCUT2D eigenvalue weighted by Crippen LogP contribution is -2.14. The number of aromatic nitrogens is 4. The summed E-state index contributed by atoms with van der Waals surface area (Å²) in [7, 11) is 3.22. The van der Waals surface area contributed by atoms with Gasteiger partial charge in [0, 0.05) is 23.1 Å². The molecule has 1 aliphatic rings. The van der Waals surface area contributed by atoms with Gasteiger partial charge in [-0.25, -0.2) is 4.98 Å². The minimum Gasteiger partial charge on any atom is -0.497 e. The molecule has 0 unspecified atom stereocenters. The number of benzene rings is 1. The Balaban J connectivity index is 1.25. The van der Waals surface area contributed by atoms with Crippen molar-refractivity contribution in [2.75, 3.05) is 25.3 Å². The predicted octanol–water partition coefficient (Wildman–Crippen LogP) is 5.21. The molecule has 0 bridgehead atoms. The lowest BCUT2D eigenvalue weighted by Gasteiger charge is -2.08. The Bertz CT molecular complexity index is 1260. The number of amides is 1. The molecule has 0 atom stereocenters. The van der Waals surface area contributed by atoms with E-state index in [-0.39, 0.29) is 11.7 Å². The van der Waals surface area contributed by atoms with E-state index in [0.717, 1.165) is 40.0 Å². The van der Waals surface area contributed by atoms with E-state index in [0.29, 0.717) is 22.7 Å². The minimum atomic E-state index is -0.134. The van der Waals surface area contributed by atoms with Crippen molar-refractivity contribution in [3.63, 3.8) is 0 Å². The molecule has 3 heterocycles. The van der Waals surface area contributed by atoms with Gasteiger partial charge in [-0.05, 0) is 36.4 Å². The smallest absolute Gasteiger partial charge is 0.236 e. The van der Waals surface area contributed by atoms with Crippen LogP contribution in [0.4, 0.5) is 5.13 Å². The van der Waals surface area contributed by atoms with E-state index in [2.05, 4.69) is 25.1 Å².